The van der Waals surface area contributed by atoms with Crippen LogP contribution in [-0.2, 0) is 19.6 Å². The molecule has 1 aromatic carbocycles. The Morgan fingerprint density at radius 1 is 1.06 bits per heavy atom. The molecule has 0 spiro atoms. The van der Waals surface area contributed by atoms with E-state index < -0.39 is 0 Å². The maximum Gasteiger partial charge on any atom is 0.258 e. The van der Waals surface area contributed by atoms with Gasteiger partial charge in [0.25, 0.3) is 5.56 Å². The van der Waals surface area contributed by atoms with E-state index in [0.29, 0.717) is 10.8 Å². The van der Waals surface area contributed by atoms with Crippen molar-refractivity contribution in [1.82, 2.24) is 19.8 Å². The number of rotatable bonds is 6. The first-order valence-electron chi connectivity index (χ1n) is 11.4. The van der Waals surface area contributed by atoms with Crippen molar-refractivity contribution in [3.8, 4) is 5.75 Å². The molecule has 1 N–H and O–H groups in total. The summed E-state index contributed by atoms with van der Waals surface area (Å²) in [4.78, 5) is 19.5. The monoisotopic (exact) mass is 462 g/mol. The van der Waals surface area contributed by atoms with Gasteiger partial charge < -0.3 is 10.1 Å². The third kappa shape index (κ3) is 5.36. The zero-order valence-electron chi connectivity index (χ0n) is 18.5. The van der Waals surface area contributed by atoms with Gasteiger partial charge in [0.2, 0.25) is 0 Å². The number of hydrogen-bond donors (Lipinski definition) is 1. The lowest BCUT2D eigenvalue weighted by atomic mass is 9.93. The third-order valence-corrected chi connectivity index (χ3v) is 6.40. The van der Waals surface area contributed by atoms with Gasteiger partial charge >= 0.3 is 0 Å². The highest BCUT2D eigenvalue weighted by atomic mass is 35.5. The Labute approximate surface area is 198 Å². The van der Waals surface area contributed by atoms with Gasteiger partial charge in [0.05, 0.1) is 10.7 Å². The van der Waals surface area contributed by atoms with Crippen molar-refractivity contribution < 1.29 is 4.74 Å². The van der Waals surface area contributed by atoms with Crippen molar-refractivity contribution in [3.05, 3.63) is 92.6 Å². The van der Waals surface area contributed by atoms with Gasteiger partial charge in [0.1, 0.15) is 12.4 Å². The summed E-state index contributed by atoms with van der Waals surface area (Å²) in [6, 6.07) is 13.7. The number of fused-ring (bicyclic) bond motifs is 1. The maximum absolute atomic E-state index is 12.8. The Morgan fingerprint density at radius 3 is 2.73 bits per heavy atom. The van der Waals surface area contributed by atoms with Crippen molar-refractivity contribution in [3.63, 3.8) is 0 Å². The second-order valence-electron chi connectivity index (χ2n) is 8.52. The summed E-state index contributed by atoms with van der Waals surface area (Å²) in [6.07, 6.45) is 7.28. The minimum Gasteiger partial charge on any atom is -0.487 e. The molecule has 3 heterocycles. The summed E-state index contributed by atoms with van der Waals surface area (Å²) >= 11 is 5.86. The van der Waals surface area contributed by atoms with Crippen LogP contribution in [0.3, 0.4) is 0 Å². The molecule has 0 amide bonds. The van der Waals surface area contributed by atoms with Gasteiger partial charge in [-0.3, -0.25) is 19.2 Å². The van der Waals surface area contributed by atoms with E-state index in [4.69, 9.17) is 16.3 Å². The number of nitrogens with one attached hydrogen (secondary N) is 1. The fourth-order valence-corrected chi connectivity index (χ4v) is 4.50. The molecule has 0 unspecified atom stereocenters. The van der Waals surface area contributed by atoms with E-state index in [9.17, 15) is 4.79 Å². The SMILES string of the molecule is O=c1cc(OCc2ccc(Cl)cn2)ccn1C1=Cc2ccc(CN3CCNCC3)cc2CC1. The number of halogens is 1. The van der Waals surface area contributed by atoms with Crippen LogP contribution in [0.2, 0.25) is 5.02 Å². The predicted molar refractivity (Wildman–Crippen MR) is 131 cm³/mol. The number of piperazine rings is 1. The molecule has 2 aromatic heterocycles. The van der Waals surface area contributed by atoms with E-state index in [1.54, 1.807) is 23.0 Å². The first-order chi connectivity index (χ1) is 16.1. The minimum absolute atomic E-state index is 0.0957. The molecular formula is C26H27ClN4O2. The van der Waals surface area contributed by atoms with Crippen LogP contribution in [0, 0.1) is 0 Å². The molecule has 0 saturated carbocycles. The molecule has 1 aliphatic carbocycles. The lowest BCUT2D eigenvalue weighted by molar-refractivity contribution is 0.233. The summed E-state index contributed by atoms with van der Waals surface area (Å²) in [5, 5.41) is 3.99. The fourth-order valence-electron chi connectivity index (χ4n) is 4.38. The van der Waals surface area contributed by atoms with Gasteiger partial charge in [-0.2, -0.15) is 0 Å². The number of ether oxygens (including phenoxy) is 1. The standard InChI is InChI=1S/C26H27ClN4O2/c27-22-4-5-23(29-16-22)18-33-25-7-10-31(26(32)15-25)24-6-3-20-13-19(1-2-21(20)14-24)17-30-11-8-28-9-12-30/h1-2,4-5,7,10,13-16,28H,3,6,8-9,11-12,17-18H2. The van der Waals surface area contributed by atoms with Crippen LogP contribution < -0.4 is 15.6 Å². The number of benzene rings is 1. The van der Waals surface area contributed by atoms with Crippen molar-refractivity contribution in [2.45, 2.75) is 26.0 Å². The van der Waals surface area contributed by atoms with E-state index in [1.807, 2.05) is 12.1 Å². The highest BCUT2D eigenvalue weighted by Gasteiger charge is 2.15. The Morgan fingerprint density at radius 2 is 1.94 bits per heavy atom. The molecule has 170 valence electrons. The molecule has 1 fully saturated rings. The zero-order chi connectivity index (χ0) is 22.6. The van der Waals surface area contributed by atoms with E-state index in [2.05, 4.69) is 39.5 Å². The van der Waals surface area contributed by atoms with E-state index in [1.165, 1.54) is 22.8 Å². The molecule has 0 atom stereocenters. The number of aryl methyl sites for hydroxylation is 1. The van der Waals surface area contributed by atoms with Crippen LogP contribution in [0.25, 0.3) is 11.8 Å². The van der Waals surface area contributed by atoms with Gasteiger partial charge in [-0.05, 0) is 53.8 Å². The smallest absolute Gasteiger partial charge is 0.258 e. The second-order valence-corrected chi connectivity index (χ2v) is 8.96. The largest absolute Gasteiger partial charge is 0.487 e. The average Bonchev–Trinajstić information content (AvgIpc) is 2.84. The van der Waals surface area contributed by atoms with Crippen LogP contribution in [-0.4, -0.2) is 40.6 Å². The average molecular weight is 463 g/mol. The maximum atomic E-state index is 12.8. The van der Waals surface area contributed by atoms with Crippen LogP contribution in [0.1, 0.15) is 28.8 Å². The molecule has 5 rings (SSSR count). The number of pyridine rings is 2. The van der Waals surface area contributed by atoms with Gasteiger partial charge in [0, 0.05) is 56.9 Å². The molecule has 7 heteroatoms. The molecule has 0 radical (unpaired) electrons. The summed E-state index contributed by atoms with van der Waals surface area (Å²) in [6.45, 7) is 5.60. The van der Waals surface area contributed by atoms with Crippen LogP contribution in [0.15, 0.2) is 59.7 Å². The Balaban J connectivity index is 1.27. The highest BCUT2D eigenvalue weighted by molar-refractivity contribution is 6.30. The Bertz CT molecular complexity index is 1210. The molecule has 1 saturated heterocycles. The number of nitrogens with zero attached hydrogens (tertiary/aromatic N) is 3. The van der Waals surface area contributed by atoms with Crippen LogP contribution >= 0.6 is 11.6 Å². The molecule has 6 nitrogen and oxygen atoms in total. The first-order valence-corrected chi connectivity index (χ1v) is 11.7. The Kier molecular flexibility index (Phi) is 6.58. The van der Waals surface area contributed by atoms with Crippen molar-refractivity contribution in [2.75, 3.05) is 26.2 Å². The summed E-state index contributed by atoms with van der Waals surface area (Å²) < 4.78 is 7.45. The van der Waals surface area contributed by atoms with E-state index in [0.717, 1.165) is 57.0 Å². The summed E-state index contributed by atoms with van der Waals surface area (Å²) in [7, 11) is 0. The lowest BCUT2D eigenvalue weighted by Crippen LogP contribution is -2.42. The Hall–Kier alpha value is -2.93. The second kappa shape index (κ2) is 9.91. The number of aromatic nitrogens is 2. The van der Waals surface area contributed by atoms with Crippen molar-refractivity contribution >= 4 is 23.4 Å². The van der Waals surface area contributed by atoms with Crippen LogP contribution in [0.5, 0.6) is 5.75 Å². The van der Waals surface area contributed by atoms with Gasteiger partial charge in [-0.1, -0.05) is 29.8 Å². The van der Waals surface area contributed by atoms with Crippen LogP contribution in [0.4, 0.5) is 0 Å². The normalized spacial score (nSPS) is 16.2. The topological polar surface area (TPSA) is 59.4 Å². The molecular weight excluding hydrogens is 436 g/mol. The molecule has 0 bridgehead atoms. The highest BCUT2D eigenvalue weighted by Crippen LogP contribution is 2.27. The third-order valence-electron chi connectivity index (χ3n) is 6.17. The number of hydrogen-bond acceptors (Lipinski definition) is 5. The summed E-state index contributed by atoms with van der Waals surface area (Å²) in [5.41, 5.74) is 5.58. The summed E-state index contributed by atoms with van der Waals surface area (Å²) in [5.74, 6) is 0.530. The van der Waals surface area contributed by atoms with Crippen molar-refractivity contribution in [1.29, 1.82) is 0 Å². The molecule has 2 aliphatic rings. The number of allylic oxidation sites excluding steroid dienone is 1. The van der Waals surface area contributed by atoms with Gasteiger partial charge in [0.15, 0.2) is 0 Å². The zero-order valence-corrected chi connectivity index (χ0v) is 19.2. The van der Waals surface area contributed by atoms with Gasteiger partial charge in [-0.25, -0.2) is 0 Å². The fraction of sp³-hybridized carbons (Fsp3) is 0.308. The molecule has 1 aliphatic heterocycles. The molecule has 3 aromatic rings. The molecule has 33 heavy (non-hydrogen) atoms. The van der Waals surface area contributed by atoms with E-state index in [-0.39, 0.29) is 12.2 Å². The van der Waals surface area contributed by atoms with E-state index >= 15 is 0 Å². The first kappa shape index (κ1) is 21.9. The lowest BCUT2D eigenvalue weighted by Gasteiger charge is -2.27. The minimum atomic E-state index is -0.0957. The van der Waals surface area contributed by atoms with Crippen molar-refractivity contribution in [2.24, 2.45) is 0 Å². The van der Waals surface area contributed by atoms with Gasteiger partial charge in [-0.15, -0.1) is 0 Å². The predicted octanol–water partition coefficient (Wildman–Crippen LogP) is 3.83. The quantitative estimate of drug-likeness (QED) is 0.603.